The third kappa shape index (κ3) is 3.50. The number of benzene rings is 2. The van der Waals surface area contributed by atoms with Gasteiger partial charge in [0.25, 0.3) is 0 Å². The summed E-state index contributed by atoms with van der Waals surface area (Å²) < 4.78 is 18.0. The number of carbonyl (C=O) groups excluding carboxylic acids is 1. The van der Waals surface area contributed by atoms with Crippen LogP contribution in [-0.4, -0.2) is 40.8 Å². The van der Waals surface area contributed by atoms with Gasteiger partial charge in [-0.2, -0.15) is 0 Å². The Morgan fingerprint density at radius 1 is 1.06 bits per heavy atom. The van der Waals surface area contributed by atoms with Gasteiger partial charge in [-0.25, -0.2) is 14.8 Å². The van der Waals surface area contributed by atoms with Crippen molar-refractivity contribution >= 4 is 34.0 Å². The van der Waals surface area contributed by atoms with Crippen LogP contribution in [0.25, 0.3) is 27.9 Å². The molecule has 0 aliphatic rings. The first-order valence-electron chi connectivity index (χ1n) is 9.98. The molecule has 0 bridgehead atoms. The summed E-state index contributed by atoms with van der Waals surface area (Å²) in [4.78, 5) is 22.5. The summed E-state index contributed by atoms with van der Waals surface area (Å²) >= 11 is 0. The predicted molar refractivity (Wildman–Crippen MR) is 119 cm³/mol. The third-order valence-corrected chi connectivity index (χ3v) is 5.21. The molecule has 2 aromatic heterocycles. The van der Waals surface area contributed by atoms with Crippen molar-refractivity contribution in [1.29, 1.82) is 0 Å². The Morgan fingerprint density at radius 2 is 1.74 bits per heavy atom. The summed E-state index contributed by atoms with van der Waals surface area (Å²) in [6.07, 6.45) is 0.439. The van der Waals surface area contributed by atoms with Crippen molar-refractivity contribution in [1.82, 2.24) is 14.5 Å². The molecule has 1 unspecified atom stereocenters. The maximum atomic E-state index is 13.0. The second-order valence-corrected chi connectivity index (χ2v) is 7.14. The minimum absolute atomic E-state index is 0.198. The van der Waals surface area contributed by atoms with Crippen molar-refractivity contribution in [2.75, 3.05) is 20.0 Å². The number of anilines is 1. The maximum absolute atomic E-state index is 13.0. The highest BCUT2D eigenvalue weighted by Gasteiger charge is 2.27. The number of hydrogen-bond donors (Lipinski definition) is 1. The lowest BCUT2D eigenvalue weighted by Gasteiger charge is -2.13. The lowest BCUT2D eigenvalue weighted by molar-refractivity contribution is 0.0338. The second kappa shape index (κ2) is 8.14. The van der Waals surface area contributed by atoms with E-state index in [2.05, 4.69) is 0 Å². The summed E-state index contributed by atoms with van der Waals surface area (Å²) in [6, 6.07) is 12.8. The van der Waals surface area contributed by atoms with Gasteiger partial charge >= 0.3 is 5.97 Å². The molecule has 4 aromatic rings. The molecule has 0 fully saturated rings. The fraction of sp³-hybridized carbons (Fsp3) is 0.261. The molecule has 2 aromatic carbocycles. The summed E-state index contributed by atoms with van der Waals surface area (Å²) in [7, 11) is 3.12. The monoisotopic (exact) mass is 420 g/mol. The molecule has 31 heavy (non-hydrogen) atoms. The van der Waals surface area contributed by atoms with Crippen LogP contribution in [-0.2, 0) is 4.74 Å². The smallest absolute Gasteiger partial charge is 0.344 e. The molecule has 0 saturated carbocycles. The zero-order chi connectivity index (χ0) is 22.1. The minimum Gasteiger partial charge on any atom is -0.493 e. The fourth-order valence-electron chi connectivity index (χ4n) is 3.41. The molecule has 0 radical (unpaired) electrons. The molecule has 4 rings (SSSR count). The van der Waals surface area contributed by atoms with Crippen molar-refractivity contribution in [2.45, 2.75) is 26.4 Å². The van der Waals surface area contributed by atoms with E-state index in [0.717, 1.165) is 0 Å². The zero-order valence-electron chi connectivity index (χ0n) is 17.9. The van der Waals surface area contributed by atoms with Crippen molar-refractivity contribution in [3.63, 3.8) is 0 Å². The Balaban J connectivity index is 2.02. The number of fused-ring (bicyclic) bond motifs is 2. The van der Waals surface area contributed by atoms with Gasteiger partial charge in [-0.15, -0.1) is 0 Å². The van der Waals surface area contributed by atoms with Crippen LogP contribution >= 0.6 is 0 Å². The van der Waals surface area contributed by atoms with Gasteiger partial charge in [0.15, 0.2) is 17.1 Å². The van der Waals surface area contributed by atoms with E-state index in [1.54, 1.807) is 30.9 Å². The Hall–Kier alpha value is -3.81. The summed E-state index contributed by atoms with van der Waals surface area (Å²) in [6.45, 7) is 3.78. The van der Waals surface area contributed by atoms with Crippen LogP contribution in [0.4, 0.5) is 5.82 Å². The van der Waals surface area contributed by atoms with E-state index < -0.39 is 5.97 Å². The lowest BCUT2D eigenvalue weighted by Crippen LogP contribution is -2.15. The number of nitrogens with zero attached hydrogens (tertiary/aromatic N) is 3. The van der Waals surface area contributed by atoms with Crippen LogP contribution in [0.5, 0.6) is 11.5 Å². The first-order chi connectivity index (χ1) is 15.0. The van der Waals surface area contributed by atoms with Crippen LogP contribution in [0.15, 0.2) is 42.5 Å². The second-order valence-electron chi connectivity index (χ2n) is 7.14. The molecule has 0 spiro atoms. The third-order valence-electron chi connectivity index (χ3n) is 5.21. The van der Waals surface area contributed by atoms with E-state index in [1.165, 1.54) is 0 Å². The van der Waals surface area contributed by atoms with Crippen molar-refractivity contribution < 1.29 is 19.0 Å². The first-order valence-corrected chi connectivity index (χ1v) is 9.98. The maximum Gasteiger partial charge on any atom is 0.344 e. The van der Waals surface area contributed by atoms with Gasteiger partial charge in [-0.1, -0.05) is 19.1 Å². The quantitative estimate of drug-likeness (QED) is 0.468. The number of carbonyl (C=O) groups is 1. The Kier molecular flexibility index (Phi) is 5.37. The normalized spacial score (nSPS) is 12.1. The van der Waals surface area contributed by atoms with Crippen molar-refractivity contribution in [3.8, 4) is 17.2 Å². The summed E-state index contributed by atoms with van der Waals surface area (Å²) in [5.74, 6) is 0.777. The number of aromatic nitrogens is 3. The summed E-state index contributed by atoms with van der Waals surface area (Å²) in [5.41, 5.74) is 9.56. The summed E-state index contributed by atoms with van der Waals surface area (Å²) in [5, 5.41) is 0. The first kappa shape index (κ1) is 20.5. The van der Waals surface area contributed by atoms with E-state index >= 15 is 0 Å². The number of methoxy groups -OCH3 is 2. The SMILES string of the molecule is CCC(C)OC(=O)c1c(N)n(-c2ccc(OC)c(OC)c2)c2nc3ccccc3nc12. The highest BCUT2D eigenvalue weighted by Crippen LogP contribution is 2.35. The topological polar surface area (TPSA) is 101 Å². The molecule has 8 heteroatoms. The molecule has 0 aliphatic heterocycles. The average Bonchev–Trinajstić information content (AvgIpc) is 3.07. The number of ether oxygens (including phenoxy) is 3. The molecule has 160 valence electrons. The zero-order valence-corrected chi connectivity index (χ0v) is 17.9. The van der Waals surface area contributed by atoms with Gasteiger partial charge in [0, 0.05) is 6.07 Å². The predicted octanol–water partition coefficient (Wildman–Crippen LogP) is 4.13. The Bertz CT molecular complexity index is 1280. The van der Waals surface area contributed by atoms with E-state index in [9.17, 15) is 4.79 Å². The van der Waals surface area contributed by atoms with Gasteiger partial charge in [0.1, 0.15) is 16.9 Å². The molecule has 8 nitrogen and oxygen atoms in total. The number of nitrogen functional groups attached to an aromatic ring is 1. The van der Waals surface area contributed by atoms with E-state index in [4.69, 9.17) is 29.9 Å². The molecule has 2 heterocycles. The number of esters is 1. The molecular weight excluding hydrogens is 396 g/mol. The average molecular weight is 420 g/mol. The minimum atomic E-state index is -0.527. The van der Waals surface area contributed by atoms with Gasteiger partial charge < -0.3 is 19.9 Å². The van der Waals surface area contributed by atoms with Gasteiger partial charge in [-0.3, -0.25) is 4.57 Å². The number of para-hydroxylation sites is 2. The van der Waals surface area contributed by atoms with Crippen molar-refractivity contribution in [3.05, 3.63) is 48.0 Å². The number of hydrogen-bond acceptors (Lipinski definition) is 7. The van der Waals surface area contributed by atoms with E-state index in [1.807, 2.05) is 44.2 Å². The Morgan fingerprint density at radius 3 is 2.39 bits per heavy atom. The highest BCUT2D eigenvalue weighted by atomic mass is 16.5. The number of nitrogens with two attached hydrogens (primary N) is 1. The van der Waals surface area contributed by atoms with E-state index in [-0.39, 0.29) is 17.5 Å². The number of rotatable bonds is 6. The molecule has 2 N–H and O–H groups in total. The van der Waals surface area contributed by atoms with Crippen LogP contribution in [0, 0.1) is 0 Å². The van der Waals surface area contributed by atoms with Crippen LogP contribution < -0.4 is 15.2 Å². The molecule has 0 saturated heterocycles. The van der Waals surface area contributed by atoms with E-state index in [0.29, 0.717) is 45.8 Å². The molecule has 0 aliphatic carbocycles. The molecule has 1 atom stereocenters. The van der Waals surface area contributed by atoms with Crippen LogP contribution in [0.3, 0.4) is 0 Å². The highest BCUT2D eigenvalue weighted by molar-refractivity contribution is 6.09. The van der Waals surface area contributed by atoms with Gasteiger partial charge in [-0.05, 0) is 37.6 Å². The fourth-order valence-corrected chi connectivity index (χ4v) is 3.41. The Labute approximate surface area is 179 Å². The van der Waals surface area contributed by atoms with Crippen molar-refractivity contribution in [2.24, 2.45) is 0 Å². The largest absolute Gasteiger partial charge is 0.493 e. The molecule has 0 amide bonds. The lowest BCUT2D eigenvalue weighted by atomic mass is 10.2. The molecular formula is C23H24N4O4. The van der Waals surface area contributed by atoms with Crippen LogP contribution in [0.2, 0.25) is 0 Å². The van der Waals surface area contributed by atoms with Crippen LogP contribution in [0.1, 0.15) is 30.6 Å². The van der Waals surface area contributed by atoms with Gasteiger partial charge in [0.05, 0.1) is 37.0 Å². The van der Waals surface area contributed by atoms with Gasteiger partial charge in [0.2, 0.25) is 0 Å². The standard InChI is InChI=1S/C23H24N4O4/c1-5-13(2)31-23(28)19-20-22(26-16-9-7-6-8-15(16)25-20)27(21(19)24)14-10-11-17(29-3)18(12-14)30-4/h6-13H,5,24H2,1-4H3.